The lowest BCUT2D eigenvalue weighted by atomic mass is 9.94. The van der Waals surface area contributed by atoms with E-state index in [0.717, 1.165) is 78.0 Å². The first kappa shape index (κ1) is 65.9. The van der Waals surface area contributed by atoms with Gasteiger partial charge in [0.25, 0.3) is 0 Å². The monoisotopic (exact) mass is 1400 g/mol. The van der Waals surface area contributed by atoms with Gasteiger partial charge in [-0.05, 0) is 127 Å². The molecule has 0 unspecified atom stereocenters. The van der Waals surface area contributed by atoms with Crippen LogP contribution in [-0.2, 0) is 0 Å². The van der Waals surface area contributed by atoms with E-state index >= 15 is 0 Å². The third kappa shape index (κ3) is 12.8. The molecule has 0 bridgehead atoms. The van der Waals surface area contributed by atoms with Gasteiger partial charge in [-0.1, -0.05) is 352 Å². The highest BCUT2D eigenvalue weighted by atomic mass is 15.0. The van der Waals surface area contributed by atoms with Crippen molar-refractivity contribution in [3.8, 4) is 146 Å². The van der Waals surface area contributed by atoms with Crippen LogP contribution in [0.25, 0.3) is 190 Å². The molecule has 0 radical (unpaired) electrons. The lowest BCUT2D eigenvalue weighted by Crippen LogP contribution is -2.00. The van der Waals surface area contributed by atoms with Crippen molar-refractivity contribution in [2.24, 2.45) is 0 Å². The van der Waals surface area contributed by atoms with E-state index in [-0.39, 0.29) is 0 Å². The largest absolute Gasteiger partial charge is 0.309 e. The third-order valence-electron chi connectivity index (χ3n) is 20.5. The van der Waals surface area contributed by atoms with Gasteiger partial charge in [0, 0.05) is 66.3 Å². The zero-order valence-electron chi connectivity index (χ0n) is 59.8. The quantitative estimate of drug-likeness (QED) is 0.108. The number of aromatic nitrogens is 8. The number of benzene rings is 16. The summed E-state index contributed by atoms with van der Waals surface area (Å²) >= 11 is 0. The standard InChI is InChI=1S/2C51H34N4/c1-5-17-35(18-6-1)39-25-14-28-42(34-39)55-45-31-15-29-43(36-19-7-2-8-20-36)47(45)48-44(30-16-32-46(48)55)40-26-13-27-41(33-40)51-53-49(37-21-9-3-10-22-37)52-50(54-51)38-23-11-4-12-24-38;1-5-15-35(16-6-1)41-31-32-45-47(34-41)55(43-23-11-4-12-24-43)46-26-14-25-44(48(45)46)42-22-13-21-40(33-42)36-27-29-39(30-28-36)51-53-49(37-17-7-2-8-18-37)52-50(54-51)38-19-9-3-10-20-38/h2*1-34H. The number of para-hydroxylation sites is 1. The average Bonchev–Trinajstić information content (AvgIpc) is 1.57. The minimum Gasteiger partial charge on any atom is -0.309 e. The highest BCUT2D eigenvalue weighted by Gasteiger charge is 2.23. The number of hydrogen-bond acceptors (Lipinski definition) is 6. The van der Waals surface area contributed by atoms with Crippen LogP contribution in [0.1, 0.15) is 0 Å². The fourth-order valence-corrected chi connectivity index (χ4v) is 15.3. The molecule has 0 aliphatic carbocycles. The molecule has 516 valence electrons. The fraction of sp³-hybridized carbons (Fsp3) is 0. The fourth-order valence-electron chi connectivity index (χ4n) is 15.3. The number of nitrogens with zero attached hydrogens (tertiary/aromatic N) is 8. The number of rotatable bonds is 14. The molecule has 0 N–H and O–H groups in total. The van der Waals surface area contributed by atoms with Crippen molar-refractivity contribution in [3.63, 3.8) is 0 Å². The van der Waals surface area contributed by atoms with E-state index in [9.17, 15) is 0 Å². The van der Waals surface area contributed by atoms with Crippen molar-refractivity contribution < 1.29 is 0 Å². The molecule has 0 aliphatic rings. The maximum atomic E-state index is 5.05. The summed E-state index contributed by atoms with van der Waals surface area (Å²) in [6, 6.07) is 145. The number of fused-ring (bicyclic) bond motifs is 6. The van der Waals surface area contributed by atoms with E-state index in [0.29, 0.717) is 34.9 Å². The smallest absolute Gasteiger partial charge is 0.164 e. The molecular weight excluding hydrogens is 1340 g/mol. The summed E-state index contributed by atoms with van der Waals surface area (Å²) in [6.45, 7) is 0. The molecule has 4 aromatic heterocycles. The Balaban J connectivity index is 0.000000149. The Labute approximate surface area is 637 Å². The summed E-state index contributed by atoms with van der Waals surface area (Å²) in [6.07, 6.45) is 0. The molecule has 0 spiro atoms. The second-order valence-electron chi connectivity index (χ2n) is 27.3. The predicted octanol–water partition coefficient (Wildman–Crippen LogP) is 25.9. The molecule has 110 heavy (non-hydrogen) atoms. The Bertz CT molecular complexity index is 6600. The molecule has 16 aromatic carbocycles. The summed E-state index contributed by atoms with van der Waals surface area (Å²) in [5, 5.41) is 4.88. The van der Waals surface area contributed by atoms with Crippen LogP contribution in [0, 0.1) is 0 Å². The number of hydrogen-bond donors (Lipinski definition) is 0. The third-order valence-corrected chi connectivity index (χ3v) is 20.5. The molecule has 0 fully saturated rings. The Morgan fingerprint density at radius 3 is 0.864 bits per heavy atom. The summed E-state index contributed by atoms with van der Waals surface area (Å²) in [4.78, 5) is 29.7. The SMILES string of the molecule is c1ccc(-c2ccc3c4c(-c5cccc(-c6ccc(-c7nc(-c8ccccc8)nc(-c8ccccc8)n7)cc6)c5)cccc4n(-c4ccccc4)c3c2)cc1.c1ccc(-c2cccc(-n3c4cccc(-c5ccccc5)c4c4c(-c5cccc(-c6nc(-c7ccccc7)nc(-c7ccccc7)n6)c5)cccc43)c2)cc1. The lowest BCUT2D eigenvalue weighted by molar-refractivity contribution is 1.07. The summed E-state index contributed by atoms with van der Waals surface area (Å²) in [7, 11) is 0. The normalized spacial score (nSPS) is 11.3. The van der Waals surface area contributed by atoms with Gasteiger partial charge in [0.2, 0.25) is 0 Å². The second-order valence-corrected chi connectivity index (χ2v) is 27.3. The molecule has 0 saturated heterocycles. The van der Waals surface area contributed by atoms with E-state index in [1.165, 1.54) is 77.1 Å². The minimum absolute atomic E-state index is 0.631. The van der Waals surface area contributed by atoms with Gasteiger partial charge in [0.1, 0.15) is 0 Å². The predicted molar refractivity (Wildman–Crippen MR) is 454 cm³/mol. The average molecular weight is 1410 g/mol. The van der Waals surface area contributed by atoms with Crippen molar-refractivity contribution in [1.29, 1.82) is 0 Å². The molecule has 8 heteroatoms. The van der Waals surface area contributed by atoms with Gasteiger partial charge in [0.15, 0.2) is 34.9 Å². The molecule has 0 saturated carbocycles. The van der Waals surface area contributed by atoms with Crippen LogP contribution < -0.4 is 0 Å². The first-order valence-electron chi connectivity index (χ1n) is 37.1. The Morgan fingerprint density at radius 1 is 0.145 bits per heavy atom. The van der Waals surface area contributed by atoms with Gasteiger partial charge in [0.05, 0.1) is 22.1 Å². The molecule has 4 heterocycles. The molecule has 20 rings (SSSR count). The Hall–Kier alpha value is -14.9. The van der Waals surface area contributed by atoms with Crippen LogP contribution in [-0.4, -0.2) is 39.0 Å². The van der Waals surface area contributed by atoms with Crippen LogP contribution in [0.4, 0.5) is 0 Å². The molecule has 20 aromatic rings. The van der Waals surface area contributed by atoms with E-state index in [4.69, 9.17) is 29.9 Å². The summed E-state index contributed by atoms with van der Waals surface area (Å²) in [5.74, 6) is 3.87. The maximum absolute atomic E-state index is 5.05. The van der Waals surface area contributed by atoms with Gasteiger partial charge >= 0.3 is 0 Å². The van der Waals surface area contributed by atoms with E-state index in [2.05, 4.69) is 300 Å². The second kappa shape index (κ2) is 29.2. The van der Waals surface area contributed by atoms with Crippen molar-refractivity contribution >= 4 is 43.6 Å². The van der Waals surface area contributed by atoms with Gasteiger partial charge in [-0.3, -0.25) is 0 Å². The maximum Gasteiger partial charge on any atom is 0.164 e. The van der Waals surface area contributed by atoms with Crippen LogP contribution >= 0.6 is 0 Å². The topological polar surface area (TPSA) is 87.2 Å². The van der Waals surface area contributed by atoms with Gasteiger partial charge in [-0.2, -0.15) is 0 Å². The van der Waals surface area contributed by atoms with Crippen LogP contribution in [0.15, 0.2) is 413 Å². The first-order valence-corrected chi connectivity index (χ1v) is 37.1. The molecule has 0 amide bonds. The van der Waals surface area contributed by atoms with Crippen molar-refractivity contribution in [2.45, 2.75) is 0 Å². The van der Waals surface area contributed by atoms with Gasteiger partial charge < -0.3 is 9.13 Å². The van der Waals surface area contributed by atoms with Gasteiger partial charge in [-0.15, -0.1) is 0 Å². The molecular formula is C102H68N8. The summed E-state index contributed by atoms with van der Waals surface area (Å²) in [5.41, 5.74) is 26.6. The summed E-state index contributed by atoms with van der Waals surface area (Å²) < 4.78 is 4.82. The Morgan fingerprint density at radius 2 is 0.409 bits per heavy atom. The molecule has 8 nitrogen and oxygen atoms in total. The van der Waals surface area contributed by atoms with Crippen LogP contribution in [0.2, 0.25) is 0 Å². The highest BCUT2D eigenvalue weighted by molar-refractivity contribution is 6.21. The zero-order chi connectivity index (χ0) is 73.1. The zero-order valence-corrected chi connectivity index (χ0v) is 59.8. The Kier molecular flexibility index (Phi) is 17.5. The lowest BCUT2D eigenvalue weighted by Gasteiger charge is -2.12. The molecule has 0 aliphatic heterocycles. The molecule has 0 atom stereocenters. The van der Waals surface area contributed by atoms with Crippen LogP contribution in [0.3, 0.4) is 0 Å². The highest BCUT2D eigenvalue weighted by Crippen LogP contribution is 2.46. The van der Waals surface area contributed by atoms with Crippen molar-refractivity contribution in [3.05, 3.63) is 413 Å². The first-order chi connectivity index (χ1) is 54.5. The van der Waals surface area contributed by atoms with E-state index in [1.54, 1.807) is 0 Å². The van der Waals surface area contributed by atoms with Crippen molar-refractivity contribution in [2.75, 3.05) is 0 Å². The van der Waals surface area contributed by atoms with Gasteiger partial charge in [-0.25, -0.2) is 29.9 Å². The van der Waals surface area contributed by atoms with E-state index in [1.807, 2.05) is 121 Å². The van der Waals surface area contributed by atoms with E-state index < -0.39 is 0 Å². The van der Waals surface area contributed by atoms with Crippen molar-refractivity contribution in [1.82, 2.24) is 39.0 Å². The minimum atomic E-state index is 0.631. The van der Waals surface area contributed by atoms with Crippen LogP contribution in [0.5, 0.6) is 0 Å².